The summed E-state index contributed by atoms with van der Waals surface area (Å²) in [7, 11) is 2.07. The Bertz CT molecular complexity index is 1000. The van der Waals surface area contributed by atoms with E-state index in [-0.39, 0.29) is 23.7 Å². The van der Waals surface area contributed by atoms with E-state index in [1.807, 2.05) is 41.4 Å². The molecule has 3 aliphatic rings. The lowest BCUT2D eigenvalue weighted by Gasteiger charge is -2.35. The van der Waals surface area contributed by atoms with Crippen LogP contribution in [0.25, 0.3) is 0 Å². The first-order valence-electron chi connectivity index (χ1n) is 11.7. The first-order chi connectivity index (χ1) is 16.1. The van der Waals surface area contributed by atoms with E-state index in [2.05, 4.69) is 31.9 Å². The predicted molar refractivity (Wildman–Crippen MR) is 126 cm³/mol. The summed E-state index contributed by atoms with van der Waals surface area (Å²) in [5.74, 6) is 0.531. The normalized spacial score (nSPS) is 22.2. The molecule has 0 N–H and O–H groups in total. The maximum Gasteiger partial charge on any atom is 0.246 e. The molecule has 33 heavy (non-hydrogen) atoms. The van der Waals surface area contributed by atoms with Gasteiger partial charge in [0.15, 0.2) is 11.6 Å². The van der Waals surface area contributed by atoms with Crippen LogP contribution in [0, 0.1) is 11.7 Å². The van der Waals surface area contributed by atoms with Gasteiger partial charge in [-0.1, -0.05) is 30.3 Å². The van der Waals surface area contributed by atoms with E-state index >= 15 is 0 Å². The summed E-state index contributed by atoms with van der Waals surface area (Å²) >= 11 is 0. The van der Waals surface area contributed by atoms with Crippen molar-refractivity contribution in [2.45, 2.75) is 25.3 Å². The Labute approximate surface area is 193 Å². The molecule has 4 heterocycles. The average molecular weight is 452 g/mol. The zero-order valence-corrected chi connectivity index (χ0v) is 19.0. The number of hydrazone groups is 1. The van der Waals surface area contributed by atoms with Crippen molar-refractivity contribution in [1.29, 1.82) is 0 Å². The number of nitrogens with zero attached hydrogens (tertiary/aromatic N) is 7. The first-order valence-corrected chi connectivity index (χ1v) is 11.7. The number of likely N-dealkylation sites (N-methyl/N-ethyl adjacent to an activating group) is 1. The maximum atomic E-state index is 14.5. The zero-order valence-electron chi connectivity index (χ0n) is 19.0. The van der Waals surface area contributed by atoms with E-state index in [1.54, 1.807) is 5.01 Å². The number of piperidine rings is 1. The Balaban J connectivity index is 1.23. The van der Waals surface area contributed by atoms with Gasteiger partial charge < -0.3 is 14.7 Å². The molecule has 1 aromatic carbocycles. The van der Waals surface area contributed by atoms with Gasteiger partial charge in [0.1, 0.15) is 0 Å². The quantitative estimate of drug-likeness (QED) is 0.712. The van der Waals surface area contributed by atoms with Gasteiger partial charge in [-0.25, -0.2) is 14.4 Å². The van der Waals surface area contributed by atoms with Crippen molar-refractivity contribution in [2.75, 3.05) is 56.1 Å². The molecule has 2 aromatic rings. The molecule has 3 aliphatic heterocycles. The molecular formula is C24H30FN7O. The summed E-state index contributed by atoms with van der Waals surface area (Å²) in [5, 5.41) is 6.06. The minimum Gasteiger partial charge on any atom is -0.351 e. The number of carbonyl (C=O) groups is 1. The van der Waals surface area contributed by atoms with Gasteiger partial charge >= 0.3 is 0 Å². The Morgan fingerprint density at radius 1 is 1.00 bits per heavy atom. The van der Waals surface area contributed by atoms with Gasteiger partial charge in [0.25, 0.3) is 0 Å². The molecular weight excluding hydrogens is 421 g/mol. The fraction of sp³-hybridized carbons (Fsp3) is 0.500. The molecule has 1 atom stereocenters. The number of piperazine rings is 1. The second-order valence-electron chi connectivity index (χ2n) is 9.04. The van der Waals surface area contributed by atoms with Crippen LogP contribution in [0.3, 0.4) is 0 Å². The van der Waals surface area contributed by atoms with E-state index < -0.39 is 0 Å². The fourth-order valence-electron chi connectivity index (χ4n) is 4.83. The standard InChI is InChI=1S/C24H30FN7O/c1-29-13-15-30(16-14-29)22-20(25)17-26-24(28-22)31-11-8-19(9-12-31)23(33)32-21(7-10-27-32)18-5-3-2-4-6-18/h2-6,10,17,19,21H,7-9,11-16H2,1H3. The van der Waals surface area contributed by atoms with Crippen molar-refractivity contribution in [2.24, 2.45) is 11.0 Å². The number of halogens is 1. The minimum atomic E-state index is -0.382. The molecule has 8 nitrogen and oxygen atoms in total. The summed E-state index contributed by atoms with van der Waals surface area (Å²) in [6.45, 7) is 4.60. The minimum absolute atomic E-state index is 0.0247. The van der Waals surface area contributed by atoms with E-state index in [9.17, 15) is 9.18 Å². The van der Waals surface area contributed by atoms with Crippen LogP contribution >= 0.6 is 0 Å². The van der Waals surface area contributed by atoms with Gasteiger partial charge in [-0.3, -0.25) is 4.79 Å². The zero-order chi connectivity index (χ0) is 22.8. The molecule has 2 fully saturated rings. The fourth-order valence-corrected chi connectivity index (χ4v) is 4.83. The highest BCUT2D eigenvalue weighted by molar-refractivity contribution is 5.82. The molecule has 1 amide bonds. The second-order valence-corrected chi connectivity index (χ2v) is 9.04. The SMILES string of the molecule is CN1CCN(c2nc(N3CCC(C(=O)N4N=CCC4c4ccccc4)CC3)ncc2F)CC1. The number of aromatic nitrogens is 2. The van der Waals surface area contributed by atoms with Crippen LogP contribution in [-0.2, 0) is 4.79 Å². The average Bonchev–Trinajstić information content (AvgIpc) is 3.35. The van der Waals surface area contributed by atoms with E-state index in [0.717, 1.165) is 38.2 Å². The van der Waals surface area contributed by atoms with Crippen molar-refractivity contribution in [3.05, 3.63) is 47.9 Å². The van der Waals surface area contributed by atoms with E-state index in [0.29, 0.717) is 37.7 Å². The Kier molecular flexibility index (Phi) is 6.22. The summed E-state index contributed by atoms with van der Waals surface area (Å²) in [4.78, 5) is 28.4. The number of amides is 1. The molecule has 1 unspecified atom stereocenters. The smallest absolute Gasteiger partial charge is 0.246 e. The summed E-state index contributed by atoms with van der Waals surface area (Å²) in [5.41, 5.74) is 1.11. The van der Waals surface area contributed by atoms with Crippen molar-refractivity contribution in [1.82, 2.24) is 19.9 Å². The van der Waals surface area contributed by atoms with Crippen LogP contribution in [-0.4, -0.2) is 78.3 Å². The predicted octanol–water partition coefficient (Wildman–Crippen LogP) is 2.54. The largest absolute Gasteiger partial charge is 0.351 e. The molecule has 9 heteroatoms. The highest BCUT2D eigenvalue weighted by Gasteiger charge is 2.35. The third-order valence-electron chi connectivity index (χ3n) is 6.88. The number of benzene rings is 1. The van der Waals surface area contributed by atoms with Crippen LogP contribution in [0.2, 0.25) is 0 Å². The number of hydrogen-bond donors (Lipinski definition) is 0. The van der Waals surface area contributed by atoms with Crippen LogP contribution in [0.15, 0.2) is 41.6 Å². The van der Waals surface area contributed by atoms with Crippen molar-refractivity contribution in [3.63, 3.8) is 0 Å². The first kappa shape index (κ1) is 21.8. The maximum absolute atomic E-state index is 14.5. The molecule has 0 saturated carbocycles. The Hall–Kier alpha value is -3.07. The van der Waals surface area contributed by atoms with Crippen molar-refractivity contribution < 1.29 is 9.18 Å². The lowest BCUT2D eigenvalue weighted by atomic mass is 9.94. The number of hydrogen-bond acceptors (Lipinski definition) is 7. The summed E-state index contributed by atoms with van der Waals surface area (Å²) in [6, 6.07) is 10.0. The topological polar surface area (TPSA) is 68.2 Å². The van der Waals surface area contributed by atoms with Gasteiger partial charge in [0.2, 0.25) is 11.9 Å². The molecule has 174 valence electrons. The highest BCUT2D eigenvalue weighted by Crippen LogP contribution is 2.32. The van der Waals surface area contributed by atoms with Gasteiger partial charge in [-0.2, -0.15) is 10.1 Å². The van der Waals surface area contributed by atoms with Gasteiger partial charge in [0, 0.05) is 57.8 Å². The molecule has 0 radical (unpaired) electrons. The van der Waals surface area contributed by atoms with Crippen molar-refractivity contribution in [3.8, 4) is 0 Å². The second kappa shape index (κ2) is 9.43. The van der Waals surface area contributed by atoms with Crippen LogP contribution in [0.4, 0.5) is 16.2 Å². The molecule has 5 rings (SSSR count). The Morgan fingerprint density at radius 3 is 2.45 bits per heavy atom. The molecule has 2 saturated heterocycles. The number of carbonyl (C=O) groups excluding carboxylic acids is 1. The lowest BCUT2D eigenvalue weighted by Crippen LogP contribution is -2.45. The molecule has 0 aliphatic carbocycles. The van der Waals surface area contributed by atoms with Gasteiger partial charge in [-0.05, 0) is 25.5 Å². The van der Waals surface area contributed by atoms with Crippen LogP contribution < -0.4 is 9.80 Å². The number of anilines is 2. The molecule has 1 aromatic heterocycles. The Morgan fingerprint density at radius 2 is 1.73 bits per heavy atom. The molecule has 0 bridgehead atoms. The summed E-state index contributed by atoms with van der Waals surface area (Å²) in [6.07, 6.45) is 5.26. The monoisotopic (exact) mass is 451 g/mol. The van der Waals surface area contributed by atoms with Gasteiger partial charge in [-0.15, -0.1) is 0 Å². The van der Waals surface area contributed by atoms with Crippen LogP contribution in [0.1, 0.15) is 30.9 Å². The molecule has 0 spiro atoms. The van der Waals surface area contributed by atoms with E-state index in [1.165, 1.54) is 6.20 Å². The highest BCUT2D eigenvalue weighted by atomic mass is 19.1. The third-order valence-corrected chi connectivity index (χ3v) is 6.88. The third kappa shape index (κ3) is 4.55. The summed E-state index contributed by atoms with van der Waals surface area (Å²) < 4.78 is 14.5. The van der Waals surface area contributed by atoms with Crippen LogP contribution in [0.5, 0.6) is 0 Å². The lowest BCUT2D eigenvalue weighted by molar-refractivity contribution is -0.138. The van der Waals surface area contributed by atoms with E-state index in [4.69, 9.17) is 0 Å². The van der Waals surface area contributed by atoms with Crippen molar-refractivity contribution >= 4 is 23.9 Å². The van der Waals surface area contributed by atoms with Gasteiger partial charge in [0.05, 0.1) is 12.2 Å². The number of rotatable bonds is 4.